The molecule has 2 aliphatic heterocycles. The van der Waals surface area contributed by atoms with E-state index in [0.29, 0.717) is 17.8 Å². The van der Waals surface area contributed by atoms with Crippen LogP contribution in [0.1, 0.15) is 19.3 Å². The fraction of sp³-hybridized carbons (Fsp3) is 0.611. The molecule has 0 radical (unpaired) electrons. The molecule has 2 amide bonds. The maximum Gasteiger partial charge on any atom is 0.322 e. The van der Waals surface area contributed by atoms with Crippen molar-refractivity contribution in [2.24, 2.45) is 0 Å². The summed E-state index contributed by atoms with van der Waals surface area (Å²) >= 11 is 0. The van der Waals surface area contributed by atoms with Gasteiger partial charge in [0, 0.05) is 32.3 Å². The molecule has 24 heavy (non-hydrogen) atoms. The summed E-state index contributed by atoms with van der Waals surface area (Å²) in [5.74, 6) is 0.684. The summed E-state index contributed by atoms with van der Waals surface area (Å²) in [5.41, 5.74) is 0.717. The molecule has 0 aromatic heterocycles. The Labute approximate surface area is 143 Å². The van der Waals surface area contributed by atoms with Crippen LogP contribution in [0.3, 0.4) is 0 Å². The second-order valence-electron chi connectivity index (χ2n) is 6.52. The highest BCUT2D eigenvalue weighted by molar-refractivity contribution is 5.91. The van der Waals surface area contributed by atoms with Gasteiger partial charge in [-0.15, -0.1) is 0 Å². The zero-order valence-electron chi connectivity index (χ0n) is 14.5. The lowest BCUT2D eigenvalue weighted by Gasteiger charge is -2.51. The summed E-state index contributed by atoms with van der Waals surface area (Å²) in [7, 11) is 3.37. The van der Waals surface area contributed by atoms with Gasteiger partial charge in [0.05, 0.1) is 19.4 Å². The molecule has 3 rings (SSSR count). The second-order valence-corrected chi connectivity index (χ2v) is 6.52. The number of urea groups is 1. The van der Waals surface area contributed by atoms with E-state index in [1.54, 1.807) is 14.2 Å². The summed E-state index contributed by atoms with van der Waals surface area (Å²) in [6, 6.07) is 8.43. The van der Waals surface area contributed by atoms with E-state index < -0.39 is 0 Å². The minimum atomic E-state index is -0.0449. The van der Waals surface area contributed by atoms with Crippen LogP contribution in [-0.2, 0) is 4.74 Å². The first-order valence-corrected chi connectivity index (χ1v) is 8.66. The predicted octanol–water partition coefficient (Wildman–Crippen LogP) is 2.41. The summed E-state index contributed by atoms with van der Waals surface area (Å²) in [5, 5.41) is 2.99. The topological polar surface area (TPSA) is 54.0 Å². The minimum Gasteiger partial charge on any atom is -0.495 e. The Hall–Kier alpha value is -1.79. The number of anilines is 1. The van der Waals surface area contributed by atoms with Gasteiger partial charge in [-0.05, 0) is 37.9 Å². The lowest BCUT2D eigenvalue weighted by molar-refractivity contribution is -0.0434. The molecule has 2 atom stereocenters. The van der Waals surface area contributed by atoms with Crippen LogP contribution in [0.25, 0.3) is 0 Å². The van der Waals surface area contributed by atoms with Gasteiger partial charge in [-0.3, -0.25) is 4.90 Å². The first-order chi connectivity index (χ1) is 11.7. The van der Waals surface area contributed by atoms with Gasteiger partial charge >= 0.3 is 6.03 Å². The minimum absolute atomic E-state index is 0.0449. The monoisotopic (exact) mass is 333 g/mol. The highest BCUT2D eigenvalue weighted by Gasteiger charge is 2.40. The fourth-order valence-corrected chi connectivity index (χ4v) is 3.72. The molecule has 1 aromatic rings. The van der Waals surface area contributed by atoms with Crippen molar-refractivity contribution in [2.45, 2.75) is 31.3 Å². The van der Waals surface area contributed by atoms with Gasteiger partial charge in [0.25, 0.3) is 0 Å². The molecule has 6 nitrogen and oxygen atoms in total. The molecule has 0 spiro atoms. The zero-order valence-corrected chi connectivity index (χ0v) is 14.5. The van der Waals surface area contributed by atoms with Crippen LogP contribution in [0.15, 0.2) is 24.3 Å². The van der Waals surface area contributed by atoms with E-state index in [2.05, 4.69) is 10.2 Å². The van der Waals surface area contributed by atoms with E-state index in [9.17, 15) is 4.79 Å². The van der Waals surface area contributed by atoms with E-state index in [1.807, 2.05) is 29.2 Å². The van der Waals surface area contributed by atoms with Crippen LogP contribution in [0, 0.1) is 0 Å². The highest BCUT2D eigenvalue weighted by Crippen LogP contribution is 2.29. The quantitative estimate of drug-likeness (QED) is 0.919. The molecule has 2 fully saturated rings. The lowest BCUT2D eigenvalue weighted by Crippen LogP contribution is -2.63. The third kappa shape index (κ3) is 3.65. The van der Waals surface area contributed by atoms with Crippen molar-refractivity contribution >= 4 is 11.7 Å². The first kappa shape index (κ1) is 17.0. The number of ether oxygens (including phenoxy) is 2. The zero-order chi connectivity index (χ0) is 16.9. The number of nitrogens with zero attached hydrogens (tertiary/aromatic N) is 2. The van der Waals surface area contributed by atoms with E-state index in [0.717, 1.165) is 51.2 Å². The standard InChI is InChI=1S/C18H27N3O3/c1-23-13-15-11-14-12-20(9-5-6-10-21(14)15)18(22)19-16-7-3-4-8-17(16)24-2/h3-4,7-8,14-15H,5-6,9-13H2,1-2H3,(H,19,22)/t14-,15+/m1/s1. The molecule has 1 aromatic carbocycles. The van der Waals surface area contributed by atoms with Gasteiger partial charge in [0.15, 0.2) is 0 Å². The number of carbonyl (C=O) groups is 1. The largest absolute Gasteiger partial charge is 0.495 e. The third-order valence-corrected chi connectivity index (χ3v) is 5.00. The molecule has 132 valence electrons. The molecule has 6 heteroatoms. The number of rotatable bonds is 4. The number of amides is 2. The van der Waals surface area contributed by atoms with Crippen molar-refractivity contribution < 1.29 is 14.3 Å². The third-order valence-electron chi connectivity index (χ3n) is 5.00. The average molecular weight is 333 g/mol. The van der Waals surface area contributed by atoms with Gasteiger partial charge in [-0.2, -0.15) is 0 Å². The molecule has 0 bridgehead atoms. The fourth-order valence-electron chi connectivity index (χ4n) is 3.72. The smallest absolute Gasteiger partial charge is 0.322 e. The van der Waals surface area contributed by atoms with E-state index in [4.69, 9.17) is 9.47 Å². The molecule has 2 heterocycles. The van der Waals surface area contributed by atoms with Gasteiger partial charge in [0.2, 0.25) is 0 Å². The molecule has 2 saturated heterocycles. The highest BCUT2D eigenvalue weighted by atomic mass is 16.5. The Balaban J connectivity index is 1.62. The number of nitrogens with one attached hydrogen (secondary N) is 1. The van der Waals surface area contributed by atoms with E-state index >= 15 is 0 Å². The van der Waals surface area contributed by atoms with Crippen LogP contribution in [0.2, 0.25) is 0 Å². The molecule has 2 aliphatic rings. The maximum atomic E-state index is 12.7. The SMILES string of the molecule is COC[C@@H]1C[C@@H]2CN(C(=O)Nc3ccccc3OC)CCCCN12. The van der Waals surface area contributed by atoms with E-state index in [-0.39, 0.29) is 6.03 Å². The predicted molar refractivity (Wildman–Crippen MR) is 93.6 cm³/mol. The molecule has 0 saturated carbocycles. The van der Waals surface area contributed by atoms with Crippen molar-refractivity contribution in [1.82, 2.24) is 9.80 Å². The van der Waals surface area contributed by atoms with Crippen LogP contribution < -0.4 is 10.1 Å². The number of para-hydroxylation sites is 2. The van der Waals surface area contributed by atoms with Gasteiger partial charge in [0.1, 0.15) is 5.75 Å². The Morgan fingerprint density at radius 1 is 1.25 bits per heavy atom. The molecular formula is C18H27N3O3. The maximum absolute atomic E-state index is 12.7. The van der Waals surface area contributed by atoms with Crippen molar-refractivity contribution in [3.63, 3.8) is 0 Å². The van der Waals surface area contributed by atoms with Crippen LogP contribution in [0.5, 0.6) is 5.75 Å². The number of methoxy groups -OCH3 is 2. The summed E-state index contributed by atoms with van der Waals surface area (Å²) in [6.45, 7) is 3.48. The van der Waals surface area contributed by atoms with Gasteiger partial charge in [-0.25, -0.2) is 4.79 Å². The van der Waals surface area contributed by atoms with Crippen molar-refractivity contribution in [3.05, 3.63) is 24.3 Å². The van der Waals surface area contributed by atoms with Crippen molar-refractivity contribution in [1.29, 1.82) is 0 Å². The Morgan fingerprint density at radius 2 is 2.04 bits per heavy atom. The van der Waals surface area contributed by atoms with Crippen LogP contribution >= 0.6 is 0 Å². The Morgan fingerprint density at radius 3 is 2.83 bits per heavy atom. The molecule has 0 unspecified atom stereocenters. The number of fused-ring (bicyclic) bond motifs is 1. The second kappa shape index (κ2) is 7.85. The molecule has 1 N–H and O–H groups in total. The van der Waals surface area contributed by atoms with Crippen molar-refractivity contribution in [3.8, 4) is 5.75 Å². The number of hydrogen-bond donors (Lipinski definition) is 1. The van der Waals surface area contributed by atoms with Gasteiger partial charge in [-0.1, -0.05) is 12.1 Å². The number of benzene rings is 1. The molecule has 0 aliphatic carbocycles. The van der Waals surface area contributed by atoms with E-state index in [1.165, 1.54) is 0 Å². The summed E-state index contributed by atoms with van der Waals surface area (Å²) in [6.07, 6.45) is 3.25. The van der Waals surface area contributed by atoms with Crippen molar-refractivity contribution in [2.75, 3.05) is 45.8 Å². The number of carbonyl (C=O) groups excluding carboxylic acids is 1. The summed E-state index contributed by atoms with van der Waals surface area (Å²) < 4.78 is 10.6. The first-order valence-electron chi connectivity index (χ1n) is 8.66. The number of hydrogen-bond acceptors (Lipinski definition) is 4. The Kier molecular flexibility index (Phi) is 5.58. The van der Waals surface area contributed by atoms with Crippen LogP contribution in [0.4, 0.5) is 10.5 Å². The normalized spacial score (nSPS) is 24.3. The Bertz CT molecular complexity index is 566. The summed E-state index contributed by atoms with van der Waals surface area (Å²) in [4.78, 5) is 17.1. The van der Waals surface area contributed by atoms with Crippen LogP contribution in [-0.4, -0.2) is 68.4 Å². The van der Waals surface area contributed by atoms with Gasteiger partial charge < -0.3 is 19.7 Å². The average Bonchev–Trinajstić information content (AvgIpc) is 2.57. The lowest BCUT2D eigenvalue weighted by atomic mass is 9.91. The molecular weight excluding hydrogens is 306 g/mol.